The minimum Gasteiger partial charge on any atom is -0.253 e. The van der Waals surface area contributed by atoms with Gasteiger partial charge in [-0.3, -0.25) is 8.37 Å². The van der Waals surface area contributed by atoms with Gasteiger partial charge in [-0.2, -0.15) is 69.5 Å². The molecule has 0 fully saturated rings. The number of halogens is 12. The van der Waals surface area contributed by atoms with Crippen molar-refractivity contribution < 1.29 is 77.9 Å². The van der Waals surface area contributed by atoms with Crippen molar-refractivity contribution in [3.05, 3.63) is 9.81 Å². The van der Waals surface area contributed by atoms with Crippen molar-refractivity contribution in [2.45, 2.75) is 61.6 Å². The van der Waals surface area contributed by atoms with Crippen molar-refractivity contribution in [3.63, 3.8) is 0 Å². The van der Waals surface area contributed by atoms with E-state index in [-0.39, 0.29) is 0 Å². The van der Waals surface area contributed by atoms with Crippen molar-refractivity contribution in [2.75, 3.05) is 0 Å². The smallest absolute Gasteiger partial charge is 0.253 e. The van der Waals surface area contributed by atoms with Crippen LogP contribution in [0.4, 0.5) is 52.7 Å². The van der Waals surface area contributed by atoms with Crippen molar-refractivity contribution in [2.24, 2.45) is 0 Å². The summed E-state index contributed by atoms with van der Waals surface area (Å²) in [7, 11) is -12.6. The van der Waals surface area contributed by atoms with Crippen LogP contribution in [0.1, 0.15) is 25.7 Å². The quantitative estimate of drug-likeness (QED) is 0.393. The highest BCUT2D eigenvalue weighted by Crippen LogP contribution is 2.61. The maximum Gasteiger partial charge on any atom is 0.392 e. The van der Waals surface area contributed by atoms with Crippen LogP contribution in [0.5, 0.6) is 0 Å². The molecule has 188 valence electrons. The van der Waals surface area contributed by atoms with Gasteiger partial charge < -0.3 is 0 Å². The lowest BCUT2D eigenvalue weighted by molar-refractivity contribution is -0.198. The molecule has 2 aliphatic rings. The first-order valence-electron chi connectivity index (χ1n) is 7.66. The molecule has 32 heavy (non-hydrogen) atoms. The molecule has 0 aliphatic carbocycles. The van der Waals surface area contributed by atoms with Crippen LogP contribution in [0.15, 0.2) is 9.81 Å². The zero-order valence-corrected chi connectivity index (χ0v) is 16.3. The summed E-state index contributed by atoms with van der Waals surface area (Å²) in [6.45, 7) is 0. The maximum atomic E-state index is 13.0. The van der Waals surface area contributed by atoms with Crippen LogP contribution in [-0.4, -0.2) is 52.7 Å². The molecule has 0 bridgehead atoms. The van der Waals surface area contributed by atoms with Gasteiger partial charge in [-0.05, 0) is 0 Å². The molecule has 0 unspecified atom stereocenters. The van der Waals surface area contributed by atoms with Crippen molar-refractivity contribution in [3.8, 4) is 0 Å². The van der Waals surface area contributed by atoms with E-state index in [0.29, 0.717) is 0 Å². The van der Waals surface area contributed by atoms with E-state index in [4.69, 9.17) is 0 Å². The molecule has 0 saturated heterocycles. The summed E-state index contributed by atoms with van der Waals surface area (Å²) in [6, 6.07) is 0. The Morgan fingerprint density at radius 3 is 0.844 bits per heavy atom. The standard InChI is InChI=1S/C12H8F12O6S2/c13-9(14,15)1-7(2-10(16,17)18)5-6(32(27,28)29-7)8(3-11(19,20)21,4-12(22,23)24)30-31(5,25)26/h1-4H2. The average Bonchev–Trinajstić information content (AvgIpc) is 2.69. The van der Waals surface area contributed by atoms with Crippen LogP contribution >= 0.6 is 0 Å². The highest BCUT2D eigenvalue weighted by atomic mass is 32.2. The Morgan fingerprint density at radius 2 is 0.688 bits per heavy atom. The van der Waals surface area contributed by atoms with Crippen LogP contribution in [-0.2, 0) is 28.6 Å². The third-order valence-electron chi connectivity index (χ3n) is 4.02. The van der Waals surface area contributed by atoms with E-state index in [1.165, 1.54) is 0 Å². The van der Waals surface area contributed by atoms with E-state index < -0.39 is 91.6 Å². The Bertz CT molecular complexity index is 899. The SMILES string of the molecule is O=S1(=O)OC(CC(F)(F)F)(CC(F)(F)F)C2=C1C(CC(F)(F)F)(CC(F)(F)F)OS2(=O)=O. The van der Waals surface area contributed by atoms with E-state index in [1.54, 1.807) is 0 Å². The third-order valence-corrected chi connectivity index (χ3v) is 7.37. The van der Waals surface area contributed by atoms with Crippen LogP contribution in [0.3, 0.4) is 0 Å². The highest BCUT2D eigenvalue weighted by Gasteiger charge is 2.73. The fourth-order valence-electron chi connectivity index (χ4n) is 3.53. The summed E-state index contributed by atoms with van der Waals surface area (Å²) < 4.78 is 212. The Labute approximate surface area is 170 Å². The molecule has 0 aromatic rings. The van der Waals surface area contributed by atoms with E-state index in [0.717, 1.165) is 0 Å². The van der Waals surface area contributed by atoms with Gasteiger partial charge in [0.05, 0.1) is 25.7 Å². The van der Waals surface area contributed by atoms with Crippen molar-refractivity contribution >= 4 is 20.2 Å². The molecule has 6 nitrogen and oxygen atoms in total. The fraction of sp³-hybridized carbons (Fsp3) is 0.833. The van der Waals surface area contributed by atoms with E-state index in [2.05, 4.69) is 8.37 Å². The zero-order chi connectivity index (χ0) is 25.4. The lowest BCUT2D eigenvalue weighted by Gasteiger charge is -2.33. The van der Waals surface area contributed by atoms with Gasteiger partial charge in [0, 0.05) is 0 Å². The molecular weight excluding hydrogens is 532 g/mol. The molecule has 0 spiro atoms. The summed E-state index contributed by atoms with van der Waals surface area (Å²) in [6.07, 6.45) is -35.4. The van der Waals surface area contributed by atoms with E-state index >= 15 is 0 Å². The largest absolute Gasteiger partial charge is 0.392 e. The topological polar surface area (TPSA) is 86.7 Å². The summed E-state index contributed by atoms with van der Waals surface area (Å²) in [5.74, 6) is 0. The van der Waals surface area contributed by atoms with Crippen LogP contribution in [0, 0.1) is 0 Å². The second kappa shape index (κ2) is 7.11. The first-order valence-corrected chi connectivity index (χ1v) is 10.5. The summed E-state index contributed by atoms with van der Waals surface area (Å²) >= 11 is 0. The Hall–Kier alpha value is -1.28. The van der Waals surface area contributed by atoms with Crippen LogP contribution in [0.2, 0.25) is 0 Å². The lowest BCUT2D eigenvalue weighted by Crippen LogP contribution is -2.46. The van der Waals surface area contributed by atoms with Crippen LogP contribution in [0.25, 0.3) is 0 Å². The molecule has 0 atom stereocenters. The van der Waals surface area contributed by atoms with Crippen molar-refractivity contribution in [1.29, 1.82) is 0 Å². The van der Waals surface area contributed by atoms with Crippen LogP contribution < -0.4 is 0 Å². The zero-order valence-electron chi connectivity index (χ0n) is 14.6. The number of rotatable bonds is 4. The van der Waals surface area contributed by atoms with Gasteiger partial charge in [-0.15, -0.1) is 0 Å². The molecule has 0 saturated carbocycles. The average molecular weight is 540 g/mol. The van der Waals surface area contributed by atoms with Gasteiger partial charge in [0.15, 0.2) is 0 Å². The second-order valence-electron chi connectivity index (χ2n) is 6.89. The minimum absolute atomic E-state index is 2.60. The summed E-state index contributed by atoms with van der Waals surface area (Å²) in [5, 5.41) is 0. The Kier molecular flexibility index (Phi) is 5.99. The predicted octanol–water partition coefficient (Wildman–Crippen LogP) is 4.21. The Balaban J connectivity index is 2.97. The highest BCUT2D eigenvalue weighted by molar-refractivity contribution is 7.96. The van der Waals surface area contributed by atoms with Crippen molar-refractivity contribution in [1.82, 2.24) is 0 Å². The molecule has 2 heterocycles. The molecule has 0 radical (unpaired) electrons. The first-order chi connectivity index (χ1) is 13.7. The van der Waals surface area contributed by atoms with E-state index in [1.807, 2.05) is 0 Å². The van der Waals surface area contributed by atoms with Gasteiger partial charge in [0.1, 0.15) is 21.0 Å². The summed E-state index contributed by atoms with van der Waals surface area (Å²) in [4.78, 5) is -5.21. The molecule has 2 rings (SSSR count). The molecular formula is C12H8F12O6S2. The van der Waals surface area contributed by atoms with Gasteiger partial charge in [0.2, 0.25) is 0 Å². The monoisotopic (exact) mass is 540 g/mol. The lowest BCUT2D eigenvalue weighted by atomic mass is 9.87. The third kappa shape index (κ3) is 5.61. The number of alkyl halides is 12. The number of hydrogen-bond acceptors (Lipinski definition) is 6. The van der Waals surface area contributed by atoms with E-state index in [9.17, 15) is 69.5 Å². The first kappa shape index (κ1) is 27.0. The number of hydrogen-bond donors (Lipinski definition) is 0. The molecule has 0 aromatic carbocycles. The fourth-order valence-corrected chi connectivity index (χ4v) is 7.77. The second-order valence-corrected chi connectivity index (χ2v) is 9.86. The molecule has 2 aliphatic heterocycles. The molecule has 0 amide bonds. The Morgan fingerprint density at radius 1 is 0.500 bits per heavy atom. The molecule has 0 aromatic heterocycles. The summed E-state index contributed by atoms with van der Waals surface area (Å²) in [5.41, 5.74) is -8.94. The maximum absolute atomic E-state index is 13.0. The minimum atomic E-state index is -6.32. The normalized spacial score (nSPS) is 24.6. The molecule has 0 N–H and O–H groups in total. The van der Waals surface area contributed by atoms with Gasteiger partial charge in [-0.25, -0.2) is 0 Å². The van der Waals surface area contributed by atoms with Gasteiger partial charge in [0.25, 0.3) is 20.2 Å². The van der Waals surface area contributed by atoms with Gasteiger partial charge in [-0.1, -0.05) is 0 Å². The van der Waals surface area contributed by atoms with Gasteiger partial charge >= 0.3 is 24.7 Å². The molecule has 20 heteroatoms. The predicted molar refractivity (Wildman–Crippen MR) is 75.2 cm³/mol.